The number of benzene rings is 1. The molecule has 0 bridgehead atoms. The van der Waals surface area contributed by atoms with Gasteiger partial charge in [0, 0.05) is 22.9 Å². The Morgan fingerprint density at radius 3 is 2.78 bits per heavy atom. The Morgan fingerprint density at radius 1 is 1.52 bits per heavy atom. The molecule has 124 valence electrons. The van der Waals surface area contributed by atoms with Crippen molar-refractivity contribution >= 4 is 55.8 Å². The Hall–Kier alpha value is -0.630. The van der Waals surface area contributed by atoms with E-state index in [4.69, 9.17) is 27.9 Å². The molecule has 1 saturated heterocycles. The number of aromatic nitrogens is 1. The van der Waals surface area contributed by atoms with Gasteiger partial charge in [0.25, 0.3) is 0 Å². The maximum atomic E-state index is 12.0. The summed E-state index contributed by atoms with van der Waals surface area (Å²) in [6, 6.07) is 1.65. The van der Waals surface area contributed by atoms with Crippen LogP contribution in [0.15, 0.2) is 10.7 Å². The van der Waals surface area contributed by atoms with Gasteiger partial charge in [-0.05, 0) is 28.9 Å². The minimum atomic E-state index is -0.807. The van der Waals surface area contributed by atoms with E-state index in [2.05, 4.69) is 20.9 Å². The van der Waals surface area contributed by atoms with Crippen LogP contribution in [0.3, 0.4) is 0 Å². The summed E-state index contributed by atoms with van der Waals surface area (Å²) < 4.78 is 6.25. The molecule has 1 aromatic heterocycles. The molecular formula is C15H14BrCl2NO4. The van der Waals surface area contributed by atoms with Crippen molar-refractivity contribution in [1.82, 2.24) is 4.98 Å². The van der Waals surface area contributed by atoms with E-state index in [0.29, 0.717) is 31.7 Å². The number of fused-ring (bicyclic) bond motifs is 1. The summed E-state index contributed by atoms with van der Waals surface area (Å²) in [5, 5.41) is 20.5. The van der Waals surface area contributed by atoms with E-state index in [9.17, 15) is 15.0 Å². The average molecular weight is 423 g/mol. The van der Waals surface area contributed by atoms with Crippen LogP contribution >= 0.6 is 39.1 Å². The summed E-state index contributed by atoms with van der Waals surface area (Å²) in [4.78, 5) is 15.1. The molecule has 23 heavy (non-hydrogen) atoms. The number of aliphatic hydroxyl groups excluding tert-OH is 2. The number of ketones is 1. The summed E-state index contributed by atoms with van der Waals surface area (Å²) in [6.07, 6.45) is -1.79. The third-order valence-electron chi connectivity index (χ3n) is 4.05. The van der Waals surface area contributed by atoms with Crippen molar-refractivity contribution in [3.8, 4) is 0 Å². The second kappa shape index (κ2) is 6.35. The summed E-state index contributed by atoms with van der Waals surface area (Å²) in [7, 11) is 0. The zero-order chi connectivity index (χ0) is 16.9. The standard InChI is InChI=1S/C15H14BrCl2NO4/c1-5(21)11-12-7(19-15(11)16)2-6(17)14(18)13(12)9-3-8(22)10(4-20)23-9/h2,8-10,19-20,22H,3-4H2,1H3/t8-,9+,10+/m0/s1. The number of aromatic amines is 1. The lowest BCUT2D eigenvalue weighted by Crippen LogP contribution is -2.24. The van der Waals surface area contributed by atoms with Crippen LogP contribution in [-0.2, 0) is 4.74 Å². The van der Waals surface area contributed by atoms with Crippen molar-refractivity contribution in [3.63, 3.8) is 0 Å². The lowest BCUT2D eigenvalue weighted by Gasteiger charge is -2.16. The predicted octanol–water partition coefficient (Wildman–Crippen LogP) is 3.62. The third-order valence-corrected chi connectivity index (χ3v) is 5.44. The van der Waals surface area contributed by atoms with Crippen LogP contribution in [0, 0.1) is 0 Å². The van der Waals surface area contributed by atoms with Crippen molar-refractivity contribution in [3.05, 3.63) is 31.8 Å². The smallest absolute Gasteiger partial charge is 0.163 e. The zero-order valence-electron chi connectivity index (χ0n) is 12.1. The minimum absolute atomic E-state index is 0.139. The van der Waals surface area contributed by atoms with E-state index in [1.807, 2.05) is 0 Å². The monoisotopic (exact) mass is 421 g/mol. The molecule has 8 heteroatoms. The Kier molecular flexibility index (Phi) is 4.75. The Bertz CT molecular complexity index is 792. The first kappa shape index (κ1) is 17.2. The maximum absolute atomic E-state index is 12.0. The fourth-order valence-corrected chi connectivity index (χ4v) is 4.19. The number of H-pyrrole nitrogens is 1. The molecule has 0 spiro atoms. The Labute approximate surface area is 150 Å². The molecule has 0 amide bonds. The minimum Gasteiger partial charge on any atom is -0.394 e. The van der Waals surface area contributed by atoms with E-state index in [-0.39, 0.29) is 23.8 Å². The largest absolute Gasteiger partial charge is 0.394 e. The normalized spacial score (nSPS) is 24.5. The molecule has 3 N–H and O–H groups in total. The lowest BCUT2D eigenvalue weighted by molar-refractivity contribution is -0.0221. The first-order valence-electron chi connectivity index (χ1n) is 6.99. The fraction of sp³-hybridized carbons (Fsp3) is 0.400. The molecule has 1 aliphatic rings. The molecule has 5 nitrogen and oxygen atoms in total. The highest BCUT2D eigenvalue weighted by molar-refractivity contribution is 9.10. The van der Waals surface area contributed by atoms with Gasteiger partial charge in [-0.3, -0.25) is 4.79 Å². The van der Waals surface area contributed by atoms with E-state index >= 15 is 0 Å². The molecule has 1 aliphatic heterocycles. The molecule has 3 rings (SSSR count). The van der Waals surface area contributed by atoms with Gasteiger partial charge in [-0.15, -0.1) is 0 Å². The molecular weight excluding hydrogens is 409 g/mol. The van der Waals surface area contributed by atoms with Crippen molar-refractivity contribution < 1.29 is 19.7 Å². The van der Waals surface area contributed by atoms with Crippen LogP contribution < -0.4 is 0 Å². The number of nitrogens with one attached hydrogen (secondary N) is 1. The summed E-state index contributed by atoms with van der Waals surface area (Å²) in [5.41, 5.74) is 1.66. The first-order valence-corrected chi connectivity index (χ1v) is 8.54. The number of rotatable bonds is 3. The van der Waals surface area contributed by atoms with Crippen LogP contribution in [0.1, 0.15) is 35.4 Å². The van der Waals surface area contributed by atoms with Crippen molar-refractivity contribution in [2.24, 2.45) is 0 Å². The topological polar surface area (TPSA) is 82.6 Å². The van der Waals surface area contributed by atoms with Crippen LogP contribution in [0.2, 0.25) is 10.0 Å². The van der Waals surface area contributed by atoms with Gasteiger partial charge in [-0.1, -0.05) is 23.2 Å². The van der Waals surface area contributed by atoms with Gasteiger partial charge >= 0.3 is 0 Å². The van der Waals surface area contributed by atoms with Crippen LogP contribution in [-0.4, -0.2) is 39.8 Å². The average Bonchev–Trinajstić information content (AvgIpc) is 2.99. The molecule has 0 unspecified atom stereocenters. The second-order valence-corrected chi connectivity index (χ2v) is 7.11. The molecule has 1 aromatic carbocycles. The number of hydrogen-bond donors (Lipinski definition) is 3. The summed E-state index contributed by atoms with van der Waals surface area (Å²) >= 11 is 15.9. The first-order chi connectivity index (χ1) is 10.8. The van der Waals surface area contributed by atoms with E-state index < -0.39 is 18.3 Å². The van der Waals surface area contributed by atoms with Gasteiger partial charge < -0.3 is 19.9 Å². The number of carbonyl (C=O) groups excluding carboxylic acids is 1. The SMILES string of the molecule is CC(=O)c1c(Br)[nH]c2cc(Cl)c(Cl)c([C@H]3C[C@H](O)[C@@H](CO)O3)c12. The summed E-state index contributed by atoms with van der Waals surface area (Å²) in [6.45, 7) is 1.16. The Morgan fingerprint density at radius 2 is 2.22 bits per heavy atom. The van der Waals surface area contributed by atoms with Gasteiger partial charge in [0.15, 0.2) is 5.78 Å². The zero-order valence-corrected chi connectivity index (χ0v) is 15.2. The number of aliphatic hydroxyl groups is 2. The lowest BCUT2D eigenvalue weighted by atomic mass is 9.97. The molecule has 0 aliphatic carbocycles. The molecule has 1 fully saturated rings. The number of carbonyl (C=O) groups is 1. The number of Topliss-reactive ketones (excluding diaryl/α,β-unsaturated/α-hetero) is 1. The molecule has 2 heterocycles. The maximum Gasteiger partial charge on any atom is 0.163 e. The van der Waals surface area contributed by atoms with Gasteiger partial charge in [0.2, 0.25) is 0 Å². The van der Waals surface area contributed by atoms with Gasteiger partial charge in [-0.2, -0.15) is 0 Å². The number of halogens is 3. The highest BCUT2D eigenvalue weighted by atomic mass is 79.9. The van der Waals surface area contributed by atoms with E-state index in [0.717, 1.165) is 0 Å². The number of ether oxygens (including phenoxy) is 1. The van der Waals surface area contributed by atoms with Gasteiger partial charge in [0.1, 0.15) is 6.10 Å². The Balaban J connectivity index is 2.26. The molecule has 0 saturated carbocycles. The highest BCUT2D eigenvalue weighted by Gasteiger charge is 2.37. The summed E-state index contributed by atoms with van der Waals surface area (Å²) in [5.74, 6) is -0.139. The predicted molar refractivity (Wildman–Crippen MR) is 91.3 cm³/mol. The molecule has 2 aromatic rings. The van der Waals surface area contributed by atoms with Crippen LogP contribution in [0.25, 0.3) is 10.9 Å². The van der Waals surface area contributed by atoms with Gasteiger partial charge in [0.05, 0.1) is 39.0 Å². The van der Waals surface area contributed by atoms with Crippen molar-refractivity contribution in [2.75, 3.05) is 6.61 Å². The third kappa shape index (κ3) is 2.81. The fourth-order valence-electron chi connectivity index (χ4n) is 3.02. The van der Waals surface area contributed by atoms with Crippen molar-refractivity contribution in [2.45, 2.75) is 31.7 Å². The van der Waals surface area contributed by atoms with Crippen LogP contribution in [0.4, 0.5) is 0 Å². The highest BCUT2D eigenvalue weighted by Crippen LogP contribution is 2.45. The van der Waals surface area contributed by atoms with Gasteiger partial charge in [-0.25, -0.2) is 0 Å². The molecule has 0 radical (unpaired) electrons. The quantitative estimate of drug-likeness (QED) is 0.659. The molecule has 3 atom stereocenters. The second-order valence-electron chi connectivity index (χ2n) is 5.53. The van der Waals surface area contributed by atoms with E-state index in [1.165, 1.54) is 6.92 Å². The number of hydrogen-bond acceptors (Lipinski definition) is 4. The van der Waals surface area contributed by atoms with Crippen LogP contribution in [0.5, 0.6) is 0 Å². The van der Waals surface area contributed by atoms with E-state index in [1.54, 1.807) is 6.07 Å². The van der Waals surface area contributed by atoms with Crippen molar-refractivity contribution in [1.29, 1.82) is 0 Å².